The monoisotopic (exact) mass is 267 g/mol. The Morgan fingerprint density at radius 2 is 2.00 bits per heavy atom. The van der Waals surface area contributed by atoms with Crippen LogP contribution in [0, 0.1) is 0 Å². The van der Waals surface area contributed by atoms with Crippen molar-refractivity contribution < 1.29 is 0 Å². The summed E-state index contributed by atoms with van der Waals surface area (Å²) in [7, 11) is 0. The highest BCUT2D eigenvalue weighted by molar-refractivity contribution is 9.09. The second kappa shape index (κ2) is 5.13. The van der Waals surface area contributed by atoms with Gasteiger partial charge in [-0.1, -0.05) is 46.3 Å². The van der Waals surface area contributed by atoms with Crippen molar-refractivity contribution in [1.29, 1.82) is 0 Å². The summed E-state index contributed by atoms with van der Waals surface area (Å²) in [6, 6.07) is 11.5. The average Bonchev–Trinajstić information content (AvgIpc) is 2.25. The summed E-state index contributed by atoms with van der Waals surface area (Å²) < 4.78 is 0. The third kappa shape index (κ3) is 3.05. The number of hydrogen-bond acceptors (Lipinski definition) is 1. The first-order valence-electron chi connectivity index (χ1n) is 5.68. The van der Waals surface area contributed by atoms with Crippen molar-refractivity contribution in [3.05, 3.63) is 35.9 Å². The number of halogens is 1. The summed E-state index contributed by atoms with van der Waals surface area (Å²) in [6.45, 7) is 4.60. The van der Waals surface area contributed by atoms with Gasteiger partial charge in [-0.15, -0.1) is 0 Å². The van der Waals surface area contributed by atoms with Crippen molar-refractivity contribution >= 4 is 15.9 Å². The van der Waals surface area contributed by atoms with Crippen molar-refractivity contribution in [2.75, 3.05) is 6.54 Å². The molecule has 0 radical (unpaired) electrons. The Morgan fingerprint density at radius 3 is 2.73 bits per heavy atom. The topological polar surface area (TPSA) is 3.24 Å². The quantitative estimate of drug-likeness (QED) is 0.743. The predicted octanol–water partition coefficient (Wildman–Crippen LogP) is 3.43. The fourth-order valence-corrected chi connectivity index (χ4v) is 2.80. The van der Waals surface area contributed by atoms with Gasteiger partial charge in [0.05, 0.1) is 0 Å². The van der Waals surface area contributed by atoms with Gasteiger partial charge in [0.25, 0.3) is 0 Å². The number of alkyl halides is 1. The van der Waals surface area contributed by atoms with Crippen molar-refractivity contribution in [1.82, 2.24) is 4.90 Å². The minimum Gasteiger partial charge on any atom is -0.295 e. The molecule has 0 bridgehead atoms. The Kier molecular flexibility index (Phi) is 3.81. The highest BCUT2D eigenvalue weighted by Gasteiger charge is 2.23. The normalized spacial score (nSPS) is 27.9. The van der Waals surface area contributed by atoms with Crippen LogP contribution in [0.15, 0.2) is 30.3 Å². The van der Waals surface area contributed by atoms with E-state index < -0.39 is 0 Å². The van der Waals surface area contributed by atoms with Gasteiger partial charge in [-0.05, 0) is 25.3 Å². The summed E-state index contributed by atoms with van der Waals surface area (Å²) in [5, 5.41) is 0. The van der Waals surface area contributed by atoms with Crippen LogP contribution >= 0.6 is 15.9 Å². The zero-order valence-electron chi connectivity index (χ0n) is 9.20. The Morgan fingerprint density at radius 1 is 1.27 bits per heavy atom. The highest BCUT2D eigenvalue weighted by atomic mass is 79.9. The van der Waals surface area contributed by atoms with E-state index in [0.29, 0.717) is 4.83 Å². The average molecular weight is 268 g/mol. The minimum atomic E-state index is 0.678. The van der Waals surface area contributed by atoms with Crippen molar-refractivity contribution in [2.24, 2.45) is 0 Å². The van der Waals surface area contributed by atoms with E-state index >= 15 is 0 Å². The van der Waals surface area contributed by atoms with Crippen LogP contribution in [0.2, 0.25) is 0 Å². The van der Waals surface area contributed by atoms with Gasteiger partial charge in [-0.25, -0.2) is 0 Å². The van der Waals surface area contributed by atoms with Crippen molar-refractivity contribution in [3.63, 3.8) is 0 Å². The number of rotatable bonds is 2. The predicted molar refractivity (Wildman–Crippen MR) is 68.3 cm³/mol. The van der Waals surface area contributed by atoms with Gasteiger partial charge in [0.1, 0.15) is 0 Å². The zero-order valence-corrected chi connectivity index (χ0v) is 10.8. The largest absolute Gasteiger partial charge is 0.295 e. The maximum absolute atomic E-state index is 3.73. The van der Waals surface area contributed by atoms with E-state index in [9.17, 15) is 0 Å². The van der Waals surface area contributed by atoms with Gasteiger partial charge in [0.2, 0.25) is 0 Å². The Balaban J connectivity index is 1.98. The maximum atomic E-state index is 3.73. The summed E-state index contributed by atoms with van der Waals surface area (Å²) in [6.07, 6.45) is 2.62. The molecule has 0 aromatic heterocycles. The van der Waals surface area contributed by atoms with Gasteiger partial charge in [-0.2, -0.15) is 0 Å². The molecule has 1 aliphatic rings. The Hall–Kier alpha value is -0.340. The van der Waals surface area contributed by atoms with Crippen LogP contribution in [-0.2, 0) is 6.54 Å². The molecule has 2 unspecified atom stereocenters. The summed E-state index contributed by atoms with van der Waals surface area (Å²) in [5.74, 6) is 0. The van der Waals surface area contributed by atoms with E-state index in [2.05, 4.69) is 58.1 Å². The van der Waals surface area contributed by atoms with Crippen LogP contribution in [0.1, 0.15) is 25.3 Å². The molecule has 0 saturated carbocycles. The van der Waals surface area contributed by atoms with E-state index in [0.717, 1.165) is 12.6 Å². The second-order valence-electron chi connectivity index (χ2n) is 4.44. The molecule has 82 valence electrons. The molecule has 2 rings (SSSR count). The summed E-state index contributed by atoms with van der Waals surface area (Å²) in [4.78, 5) is 3.25. The number of likely N-dealkylation sites (tertiary alicyclic amines) is 1. The van der Waals surface area contributed by atoms with Gasteiger partial charge in [0.15, 0.2) is 0 Å². The van der Waals surface area contributed by atoms with E-state index in [1.54, 1.807) is 0 Å². The minimum absolute atomic E-state index is 0.678. The first kappa shape index (κ1) is 11.2. The molecule has 1 aromatic carbocycles. The second-order valence-corrected chi connectivity index (χ2v) is 5.73. The third-order valence-corrected chi connectivity index (χ3v) is 3.93. The molecule has 2 heteroatoms. The molecule has 1 aliphatic heterocycles. The van der Waals surface area contributed by atoms with E-state index in [1.807, 2.05) is 0 Å². The molecule has 1 saturated heterocycles. The number of nitrogens with zero attached hydrogens (tertiary/aromatic N) is 1. The van der Waals surface area contributed by atoms with Crippen LogP contribution in [0.25, 0.3) is 0 Å². The fourth-order valence-electron chi connectivity index (χ4n) is 2.17. The molecular formula is C13H18BrN. The summed E-state index contributed by atoms with van der Waals surface area (Å²) >= 11 is 3.73. The first-order valence-corrected chi connectivity index (χ1v) is 6.59. The number of piperidine rings is 1. The van der Waals surface area contributed by atoms with Gasteiger partial charge in [0, 0.05) is 24.0 Å². The van der Waals surface area contributed by atoms with Crippen molar-refractivity contribution in [3.8, 4) is 0 Å². The maximum Gasteiger partial charge on any atom is 0.0274 e. The molecule has 0 amide bonds. The zero-order chi connectivity index (χ0) is 10.7. The molecular weight excluding hydrogens is 250 g/mol. The summed E-state index contributed by atoms with van der Waals surface area (Å²) in [5.41, 5.74) is 1.42. The standard InChI is InChI=1S/C13H18BrN/c1-11-7-8-13(14)10-15(11)9-12-5-3-2-4-6-12/h2-6,11,13H,7-10H2,1H3. The lowest BCUT2D eigenvalue weighted by Gasteiger charge is -2.36. The molecule has 1 aromatic rings. The Labute approximate surface area is 101 Å². The first-order chi connectivity index (χ1) is 7.25. The molecule has 1 nitrogen and oxygen atoms in total. The van der Waals surface area contributed by atoms with E-state index in [-0.39, 0.29) is 0 Å². The van der Waals surface area contributed by atoms with E-state index in [4.69, 9.17) is 0 Å². The lowest BCUT2D eigenvalue weighted by atomic mass is 10.0. The van der Waals surface area contributed by atoms with Crippen LogP contribution < -0.4 is 0 Å². The molecule has 0 N–H and O–H groups in total. The van der Waals surface area contributed by atoms with Gasteiger partial charge < -0.3 is 0 Å². The van der Waals surface area contributed by atoms with Crippen LogP contribution in [0.3, 0.4) is 0 Å². The lowest BCUT2D eigenvalue weighted by molar-refractivity contribution is 0.158. The fraction of sp³-hybridized carbons (Fsp3) is 0.538. The molecule has 0 spiro atoms. The van der Waals surface area contributed by atoms with Crippen LogP contribution in [-0.4, -0.2) is 22.3 Å². The number of benzene rings is 1. The number of hydrogen-bond donors (Lipinski definition) is 0. The molecule has 1 fully saturated rings. The van der Waals surface area contributed by atoms with Crippen molar-refractivity contribution in [2.45, 2.75) is 37.2 Å². The SMILES string of the molecule is CC1CCC(Br)CN1Cc1ccccc1. The van der Waals surface area contributed by atoms with Gasteiger partial charge in [-0.3, -0.25) is 4.90 Å². The van der Waals surface area contributed by atoms with Crippen LogP contribution in [0.4, 0.5) is 0 Å². The van der Waals surface area contributed by atoms with E-state index in [1.165, 1.54) is 24.9 Å². The van der Waals surface area contributed by atoms with Crippen LogP contribution in [0.5, 0.6) is 0 Å². The smallest absolute Gasteiger partial charge is 0.0274 e. The molecule has 2 atom stereocenters. The molecule has 15 heavy (non-hydrogen) atoms. The lowest BCUT2D eigenvalue weighted by Crippen LogP contribution is -2.41. The third-order valence-electron chi connectivity index (χ3n) is 3.18. The molecule has 0 aliphatic carbocycles. The van der Waals surface area contributed by atoms with Gasteiger partial charge >= 0.3 is 0 Å². The highest BCUT2D eigenvalue weighted by Crippen LogP contribution is 2.23. The Bertz CT molecular complexity index is 299. The molecule has 1 heterocycles.